The molecule has 0 heterocycles. The van der Waals surface area contributed by atoms with Crippen LogP contribution in [0.4, 0.5) is 10.5 Å². The number of carbonyl (C=O) groups is 1. The van der Waals surface area contributed by atoms with Crippen LogP contribution in [-0.2, 0) is 10.0 Å². The Morgan fingerprint density at radius 1 is 1.08 bits per heavy atom. The van der Waals surface area contributed by atoms with E-state index in [1.165, 1.54) is 18.2 Å². The van der Waals surface area contributed by atoms with Crippen molar-refractivity contribution in [2.45, 2.75) is 37.0 Å². The number of nitro groups is 1. The van der Waals surface area contributed by atoms with Crippen molar-refractivity contribution in [1.82, 2.24) is 10.0 Å². The zero-order chi connectivity index (χ0) is 18.0. The zero-order valence-corrected chi connectivity index (χ0v) is 13.9. The lowest BCUT2D eigenvalue weighted by Gasteiger charge is -2.07. The van der Waals surface area contributed by atoms with Crippen molar-refractivity contribution >= 4 is 21.8 Å². The van der Waals surface area contributed by atoms with Gasteiger partial charge < -0.3 is 10.4 Å². The number of nitrogens with zero attached hydrogens (tertiary/aromatic N) is 1. The van der Waals surface area contributed by atoms with E-state index in [1.54, 1.807) is 0 Å². The number of sulfonamides is 1. The minimum absolute atomic E-state index is 0.196. The third-order valence-electron chi connectivity index (χ3n) is 3.27. The van der Waals surface area contributed by atoms with E-state index in [-0.39, 0.29) is 11.4 Å². The van der Waals surface area contributed by atoms with Crippen LogP contribution in [-0.4, -0.2) is 37.6 Å². The highest BCUT2D eigenvalue weighted by atomic mass is 32.2. The minimum atomic E-state index is -3.91. The molecule has 0 aliphatic heterocycles. The Bertz CT molecular complexity index is 662. The van der Waals surface area contributed by atoms with Gasteiger partial charge in [0.05, 0.1) is 4.92 Å². The van der Waals surface area contributed by atoms with Gasteiger partial charge in [0.2, 0.25) is 10.0 Å². The van der Waals surface area contributed by atoms with Crippen molar-refractivity contribution in [3.8, 4) is 0 Å². The largest absolute Gasteiger partial charge is 0.465 e. The van der Waals surface area contributed by atoms with Crippen LogP contribution in [0.1, 0.15) is 32.1 Å². The smallest absolute Gasteiger partial charge is 0.404 e. The minimum Gasteiger partial charge on any atom is -0.465 e. The maximum atomic E-state index is 12.1. The van der Waals surface area contributed by atoms with E-state index < -0.39 is 26.7 Å². The quantitative estimate of drug-likeness (QED) is 0.314. The van der Waals surface area contributed by atoms with Gasteiger partial charge in [-0.05, 0) is 18.9 Å². The summed E-state index contributed by atoms with van der Waals surface area (Å²) in [5, 5.41) is 21.5. The van der Waals surface area contributed by atoms with E-state index in [2.05, 4.69) is 10.0 Å². The topological polar surface area (TPSA) is 139 Å². The molecule has 1 rings (SSSR count). The highest BCUT2D eigenvalue weighted by molar-refractivity contribution is 7.89. The Labute approximate surface area is 140 Å². The maximum Gasteiger partial charge on any atom is 0.404 e. The van der Waals surface area contributed by atoms with Crippen molar-refractivity contribution in [2.24, 2.45) is 0 Å². The zero-order valence-electron chi connectivity index (χ0n) is 13.1. The molecule has 0 unspecified atom stereocenters. The molecule has 1 amide bonds. The summed E-state index contributed by atoms with van der Waals surface area (Å²) in [5.74, 6) is 0. The highest BCUT2D eigenvalue weighted by Crippen LogP contribution is 2.22. The molecule has 0 saturated carbocycles. The van der Waals surface area contributed by atoms with Gasteiger partial charge in [-0.15, -0.1) is 0 Å². The van der Waals surface area contributed by atoms with Crippen molar-refractivity contribution in [2.75, 3.05) is 13.1 Å². The number of hydrogen-bond donors (Lipinski definition) is 3. The Kier molecular flexibility index (Phi) is 8.13. The number of unbranched alkanes of at least 4 members (excludes halogenated alkanes) is 4. The third-order valence-corrected chi connectivity index (χ3v) is 4.78. The maximum absolute atomic E-state index is 12.1. The molecule has 0 aliphatic rings. The number of rotatable bonds is 11. The molecule has 0 atom stereocenters. The Morgan fingerprint density at radius 3 is 2.29 bits per heavy atom. The van der Waals surface area contributed by atoms with Crippen LogP contribution < -0.4 is 10.0 Å². The van der Waals surface area contributed by atoms with Gasteiger partial charge in [-0.2, -0.15) is 0 Å². The van der Waals surface area contributed by atoms with Gasteiger partial charge in [-0.3, -0.25) is 10.1 Å². The van der Waals surface area contributed by atoms with Crippen LogP contribution in [0.15, 0.2) is 29.2 Å². The summed E-state index contributed by atoms with van der Waals surface area (Å²) < 4.78 is 26.6. The fourth-order valence-electron chi connectivity index (χ4n) is 2.10. The summed E-state index contributed by atoms with van der Waals surface area (Å²) in [4.78, 5) is 20.1. The van der Waals surface area contributed by atoms with Gasteiger partial charge in [-0.25, -0.2) is 17.9 Å². The summed E-state index contributed by atoms with van der Waals surface area (Å²) in [6.45, 7) is 0.599. The summed E-state index contributed by atoms with van der Waals surface area (Å²) in [5.41, 5.74) is -0.448. The molecule has 134 valence electrons. The van der Waals surface area contributed by atoms with E-state index in [4.69, 9.17) is 5.11 Å². The predicted octanol–water partition coefficient (Wildman–Crippen LogP) is 2.09. The van der Waals surface area contributed by atoms with Gasteiger partial charge in [0, 0.05) is 19.2 Å². The number of amides is 1. The number of nitro benzene ring substituents is 1. The third kappa shape index (κ3) is 6.92. The Hall–Kier alpha value is -2.20. The summed E-state index contributed by atoms with van der Waals surface area (Å²) in [6, 6.07) is 5.21. The van der Waals surface area contributed by atoms with Crippen molar-refractivity contribution in [3.63, 3.8) is 0 Å². The molecule has 0 radical (unpaired) electrons. The number of hydrogen-bond acceptors (Lipinski definition) is 5. The lowest BCUT2D eigenvalue weighted by Crippen LogP contribution is -2.25. The number of benzene rings is 1. The first-order chi connectivity index (χ1) is 11.3. The molecule has 0 saturated heterocycles. The highest BCUT2D eigenvalue weighted by Gasteiger charge is 2.24. The van der Waals surface area contributed by atoms with E-state index in [0.29, 0.717) is 13.0 Å². The second-order valence-electron chi connectivity index (χ2n) is 5.12. The normalized spacial score (nSPS) is 11.2. The van der Waals surface area contributed by atoms with Gasteiger partial charge >= 0.3 is 6.09 Å². The molecule has 1 aromatic rings. The molecule has 10 heteroatoms. The Morgan fingerprint density at radius 2 is 1.67 bits per heavy atom. The first-order valence-corrected chi connectivity index (χ1v) is 9.03. The van der Waals surface area contributed by atoms with Crippen molar-refractivity contribution < 1.29 is 23.2 Å². The monoisotopic (exact) mass is 359 g/mol. The van der Waals surface area contributed by atoms with E-state index in [1.807, 2.05) is 0 Å². The molecule has 0 fully saturated rings. The molecule has 0 aliphatic carbocycles. The average molecular weight is 359 g/mol. The van der Waals surface area contributed by atoms with Gasteiger partial charge in [0.15, 0.2) is 4.90 Å². The summed E-state index contributed by atoms with van der Waals surface area (Å²) in [6.07, 6.45) is 2.78. The first-order valence-electron chi connectivity index (χ1n) is 7.54. The fraction of sp³-hybridized carbons (Fsp3) is 0.500. The van der Waals surface area contributed by atoms with Crippen LogP contribution in [0.3, 0.4) is 0 Å². The van der Waals surface area contributed by atoms with Crippen LogP contribution in [0.25, 0.3) is 0 Å². The molecule has 0 spiro atoms. The van der Waals surface area contributed by atoms with Crippen LogP contribution in [0.2, 0.25) is 0 Å². The van der Waals surface area contributed by atoms with Gasteiger partial charge in [0.25, 0.3) is 5.69 Å². The van der Waals surface area contributed by atoms with Crippen LogP contribution >= 0.6 is 0 Å². The molecule has 9 nitrogen and oxygen atoms in total. The van der Waals surface area contributed by atoms with Crippen LogP contribution in [0.5, 0.6) is 0 Å². The predicted molar refractivity (Wildman–Crippen MR) is 87.4 cm³/mol. The Balaban J connectivity index is 2.32. The van der Waals surface area contributed by atoms with Crippen molar-refractivity contribution in [3.05, 3.63) is 34.4 Å². The van der Waals surface area contributed by atoms with E-state index in [9.17, 15) is 23.3 Å². The number of nitrogens with one attached hydrogen (secondary N) is 2. The molecule has 0 bridgehead atoms. The van der Waals surface area contributed by atoms with E-state index >= 15 is 0 Å². The van der Waals surface area contributed by atoms with Crippen molar-refractivity contribution in [1.29, 1.82) is 0 Å². The second kappa shape index (κ2) is 9.83. The van der Waals surface area contributed by atoms with Gasteiger partial charge in [0.1, 0.15) is 0 Å². The SMILES string of the molecule is O=C(O)NCCCCCCCNS(=O)(=O)c1ccccc1[N+](=O)[O-]. The second-order valence-corrected chi connectivity index (χ2v) is 6.86. The first kappa shape index (κ1) is 19.8. The molecule has 0 aromatic heterocycles. The van der Waals surface area contributed by atoms with Gasteiger partial charge in [-0.1, -0.05) is 31.4 Å². The molecule has 1 aromatic carbocycles. The van der Waals surface area contributed by atoms with Crippen LogP contribution in [0, 0.1) is 10.1 Å². The molecular weight excluding hydrogens is 338 g/mol. The summed E-state index contributed by atoms with van der Waals surface area (Å²) in [7, 11) is -3.91. The summed E-state index contributed by atoms with van der Waals surface area (Å²) >= 11 is 0. The van der Waals surface area contributed by atoms with E-state index in [0.717, 1.165) is 31.7 Å². The standard InChI is InChI=1S/C14H21N3O6S/c18-14(19)15-10-6-2-1-3-7-11-16-24(22,23)13-9-5-4-8-12(13)17(20)21/h4-5,8-9,15-16H,1-3,6-7,10-11H2,(H,18,19). The molecular formula is C14H21N3O6S. The molecule has 24 heavy (non-hydrogen) atoms. The fourth-order valence-corrected chi connectivity index (χ4v) is 3.34. The number of para-hydroxylation sites is 1. The average Bonchev–Trinajstić information content (AvgIpc) is 2.53. The lowest BCUT2D eigenvalue weighted by molar-refractivity contribution is -0.387. The lowest BCUT2D eigenvalue weighted by atomic mass is 10.1. The number of carboxylic acid groups (broad SMARTS) is 1. The molecule has 3 N–H and O–H groups in total.